The Bertz CT molecular complexity index is 1260. The summed E-state index contributed by atoms with van der Waals surface area (Å²) in [6, 6.07) is 15.4. The van der Waals surface area contributed by atoms with E-state index in [1.807, 2.05) is 54.7 Å². The number of H-pyrrole nitrogens is 2. The van der Waals surface area contributed by atoms with Crippen molar-refractivity contribution in [3.63, 3.8) is 0 Å². The number of amides is 1. The van der Waals surface area contributed by atoms with Gasteiger partial charge in [-0.15, -0.1) is 0 Å². The number of carboxylic acids is 1. The Morgan fingerprint density at radius 3 is 2.44 bits per heavy atom. The van der Waals surface area contributed by atoms with Crippen LogP contribution in [0.1, 0.15) is 22.7 Å². The van der Waals surface area contributed by atoms with Gasteiger partial charge < -0.3 is 20.4 Å². The van der Waals surface area contributed by atoms with Gasteiger partial charge in [0, 0.05) is 39.3 Å². The van der Waals surface area contributed by atoms with Crippen LogP contribution in [0.15, 0.2) is 60.4 Å². The summed E-state index contributed by atoms with van der Waals surface area (Å²) in [5.41, 5.74) is 3.87. The minimum absolute atomic E-state index is 0.131. The third-order valence-electron chi connectivity index (χ3n) is 5.04. The van der Waals surface area contributed by atoms with E-state index < -0.39 is 11.9 Å². The first kappa shape index (κ1) is 15.5. The number of aliphatic carboxylic acids is 1. The van der Waals surface area contributed by atoms with Gasteiger partial charge in [-0.2, -0.15) is 0 Å². The summed E-state index contributed by atoms with van der Waals surface area (Å²) in [6.45, 7) is 0. The Hall–Kier alpha value is -3.80. The summed E-state index contributed by atoms with van der Waals surface area (Å²) in [5.74, 6) is -2.20. The molecule has 27 heavy (non-hydrogen) atoms. The second-order valence-electron chi connectivity index (χ2n) is 6.57. The molecule has 0 aliphatic carbocycles. The van der Waals surface area contributed by atoms with E-state index in [0.29, 0.717) is 5.69 Å². The summed E-state index contributed by atoms with van der Waals surface area (Å²) in [6.07, 6.45) is 3.35. The van der Waals surface area contributed by atoms with Crippen molar-refractivity contribution in [1.82, 2.24) is 15.3 Å². The lowest BCUT2D eigenvalue weighted by Crippen LogP contribution is -2.31. The van der Waals surface area contributed by atoms with Gasteiger partial charge in [-0.3, -0.25) is 4.79 Å². The Morgan fingerprint density at radius 1 is 0.963 bits per heavy atom. The lowest BCUT2D eigenvalue weighted by molar-refractivity contribution is -0.134. The van der Waals surface area contributed by atoms with Gasteiger partial charge in [0.15, 0.2) is 0 Å². The van der Waals surface area contributed by atoms with Crippen LogP contribution in [0.4, 0.5) is 0 Å². The molecule has 4 N–H and O–H groups in total. The number of para-hydroxylation sites is 2. The molecule has 6 nitrogen and oxygen atoms in total. The van der Waals surface area contributed by atoms with Crippen LogP contribution >= 0.6 is 0 Å². The zero-order valence-electron chi connectivity index (χ0n) is 14.1. The van der Waals surface area contributed by atoms with Gasteiger partial charge >= 0.3 is 5.97 Å². The van der Waals surface area contributed by atoms with Gasteiger partial charge in [-0.25, -0.2) is 4.79 Å². The summed E-state index contributed by atoms with van der Waals surface area (Å²) < 4.78 is 0. The molecule has 132 valence electrons. The molecule has 1 aliphatic rings. The van der Waals surface area contributed by atoms with E-state index in [9.17, 15) is 14.7 Å². The molecule has 0 spiro atoms. The fourth-order valence-electron chi connectivity index (χ4n) is 3.83. The average molecular weight is 357 g/mol. The lowest BCUT2D eigenvalue weighted by atomic mass is 9.92. The number of aromatic amines is 2. The Morgan fingerprint density at radius 2 is 1.67 bits per heavy atom. The maximum Gasteiger partial charge on any atom is 0.352 e. The molecule has 5 rings (SSSR count). The van der Waals surface area contributed by atoms with Gasteiger partial charge in [-0.05, 0) is 23.8 Å². The molecule has 0 fully saturated rings. The highest BCUT2D eigenvalue weighted by Crippen LogP contribution is 2.38. The van der Waals surface area contributed by atoms with Crippen molar-refractivity contribution in [3.05, 3.63) is 77.2 Å². The number of fused-ring (bicyclic) bond motifs is 4. The molecule has 2 aromatic carbocycles. The van der Waals surface area contributed by atoms with Crippen molar-refractivity contribution < 1.29 is 14.7 Å². The van der Waals surface area contributed by atoms with Crippen LogP contribution in [0.2, 0.25) is 0 Å². The first-order valence-corrected chi connectivity index (χ1v) is 8.56. The van der Waals surface area contributed by atoms with Crippen molar-refractivity contribution in [2.24, 2.45) is 0 Å². The van der Waals surface area contributed by atoms with Crippen LogP contribution in [0.5, 0.6) is 0 Å². The third kappa shape index (κ3) is 2.27. The average Bonchev–Trinajstić information content (AvgIpc) is 3.20. The van der Waals surface area contributed by atoms with Gasteiger partial charge in [0.1, 0.15) is 11.6 Å². The van der Waals surface area contributed by atoms with Crippen molar-refractivity contribution >= 4 is 39.8 Å². The molecule has 1 amide bonds. The van der Waals surface area contributed by atoms with Crippen LogP contribution in [0.25, 0.3) is 27.9 Å². The molecule has 6 heteroatoms. The maximum atomic E-state index is 13.1. The SMILES string of the molecule is O=C(O)C1=Cc2c([nH]c3ccccc23)[C@@H](c2c[nH]c3ccccc23)C(=O)N1. The van der Waals surface area contributed by atoms with E-state index in [4.69, 9.17) is 0 Å². The number of rotatable bonds is 2. The molecule has 0 saturated carbocycles. The first-order chi connectivity index (χ1) is 13.1. The summed E-state index contributed by atoms with van der Waals surface area (Å²) in [5, 5.41) is 13.9. The normalized spacial score (nSPS) is 16.7. The van der Waals surface area contributed by atoms with E-state index in [-0.39, 0.29) is 11.6 Å². The summed E-state index contributed by atoms with van der Waals surface area (Å²) >= 11 is 0. The van der Waals surface area contributed by atoms with Crippen LogP contribution in [0.3, 0.4) is 0 Å². The van der Waals surface area contributed by atoms with Crippen molar-refractivity contribution in [1.29, 1.82) is 0 Å². The highest BCUT2D eigenvalue weighted by Gasteiger charge is 2.33. The monoisotopic (exact) mass is 357 g/mol. The van der Waals surface area contributed by atoms with Crippen LogP contribution in [-0.2, 0) is 9.59 Å². The number of hydrogen-bond acceptors (Lipinski definition) is 2. The molecule has 0 radical (unpaired) electrons. The Labute approximate surface area is 153 Å². The molecule has 1 aliphatic heterocycles. The van der Waals surface area contributed by atoms with E-state index in [0.717, 1.165) is 32.9 Å². The number of benzene rings is 2. The number of carbonyl (C=O) groups is 2. The van der Waals surface area contributed by atoms with E-state index in [1.165, 1.54) is 6.08 Å². The number of hydrogen-bond donors (Lipinski definition) is 4. The van der Waals surface area contributed by atoms with Crippen molar-refractivity contribution in [2.45, 2.75) is 5.92 Å². The summed E-state index contributed by atoms with van der Waals surface area (Å²) in [4.78, 5) is 31.2. The molecular weight excluding hydrogens is 342 g/mol. The quantitative estimate of drug-likeness (QED) is 0.443. The zero-order chi connectivity index (χ0) is 18.5. The molecule has 2 aromatic heterocycles. The maximum absolute atomic E-state index is 13.1. The molecule has 4 aromatic rings. The smallest absolute Gasteiger partial charge is 0.352 e. The molecular formula is C21H15N3O3. The third-order valence-corrected chi connectivity index (χ3v) is 5.04. The largest absolute Gasteiger partial charge is 0.477 e. The first-order valence-electron chi connectivity index (χ1n) is 8.56. The molecule has 3 heterocycles. The summed E-state index contributed by atoms with van der Waals surface area (Å²) in [7, 11) is 0. The number of aromatic nitrogens is 2. The Kier molecular flexibility index (Phi) is 3.21. The van der Waals surface area contributed by atoms with E-state index in [2.05, 4.69) is 15.3 Å². The van der Waals surface area contributed by atoms with Gasteiger partial charge in [-0.1, -0.05) is 36.4 Å². The number of nitrogens with one attached hydrogen (secondary N) is 3. The standard InChI is InChI=1S/C21H15N3O3/c25-20-18(14-10-22-15-7-3-1-6-12(14)15)19-13(9-17(24-20)21(26)27)11-5-2-4-8-16(11)23-19/h1-10,18,22-23H,(H,24,25)(H,26,27)/t18-/m1/s1. The van der Waals surface area contributed by atoms with Crippen LogP contribution in [-0.4, -0.2) is 27.0 Å². The molecule has 0 unspecified atom stereocenters. The van der Waals surface area contributed by atoms with Gasteiger partial charge in [0.2, 0.25) is 5.91 Å². The second-order valence-corrected chi connectivity index (χ2v) is 6.57. The topological polar surface area (TPSA) is 98.0 Å². The lowest BCUT2D eigenvalue weighted by Gasteiger charge is -2.14. The predicted octanol–water partition coefficient (Wildman–Crippen LogP) is 3.34. The minimum Gasteiger partial charge on any atom is -0.477 e. The number of carboxylic acid groups (broad SMARTS) is 1. The number of carbonyl (C=O) groups excluding carboxylic acids is 1. The van der Waals surface area contributed by atoms with Crippen molar-refractivity contribution in [3.8, 4) is 0 Å². The van der Waals surface area contributed by atoms with Gasteiger partial charge in [0.05, 0.1) is 0 Å². The Balaban J connectivity index is 1.82. The molecule has 0 bridgehead atoms. The van der Waals surface area contributed by atoms with Crippen LogP contribution < -0.4 is 5.32 Å². The van der Waals surface area contributed by atoms with Crippen molar-refractivity contribution in [2.75, 3.05) is 0 Å². The fraction of sp³-hybridized carbons (Fsp3) is 0.0476. The highest BCUT2D eigenvalue weighted by molar-refractivity contribution is 6.06. The zero-order valence-corrected chi connectivity index (χ0v) is 14.1. The van der Waals surface area contributed by atoms with Crippen LogP contribution in [0, 0.1) is 0 Å². The molecule has 0 saturated heterocycles. The van der Waals surface area contributed by atoms with E-state index >= 15 is 0 Å². The molecule has 1 atom stereocenters. The van der Waals surface area contributed by atoms with Gasteiger partial charge in [0.25, 0.3) is 0 Å². The predicted molar refractivity (Wildman–Crippen MR) is 102 cm³/mol. The second kappa shape index (κ2) is 5.60. The van der Waals surface area contributed by atoms with E-state index in [1.54, 1.807) is 0 Å². The highest BCUT2D eigenvalue weighted by atomic mass is 16.4. The fourth-order valence-corrected chi connectivity index (χ4v) is 3.83. The minimum atomic E-state index is -1.17.